The topological polar surface area (TPSA) is 66.6 Å². The van der Waals surface area contributed by atoms with Crippen molar-refractivity contribution >= 4 is 17.4 Å². The van der Waals surface area contributed by atoms with Crippen LogP contribution < -0.4 is 4.90 Å². The van der Waals surface area contributed by atoms with Gasteiger partial charge in [0.25, 0.3) is 5.91 Å². The van der Waals surface area contributed by atoms with Crippen molar-refractivity contribution in [1.29, 1.82) is 0 Å². The number of carbonyl (C=O) groups excluding carboxylic acids is 1. The fourth-order valence-electron chi connectivity index (χ4n) is 3.68. The molecule has 2 fully saturated rings. The Morgan fingerprint density at radius 1 is 1.00 bits per heavy atom. The van der Waals surface area contributed by atoms with Gasteiger partial charge in [-0.05, 0) is 43.5 Å². The van der Waals surface area contributed by atoms with Crippen LogP contribution in [0, 0.1) is 6.92 Å². The average molecular weight is 362 g/mol. The number of hydrogen-bond donors (Lipinski definition) is 0. The molecule has 2 aliphatic rings. The highest BCUT2D eigenvalue weighted by molar-refractivity contribution is 5.95. The van der Waals surface area contributed by atoms with Crippen molar-refractivity contribution in [3.05, 3.63) is 53.3 Å². The highest BCUT2D eigenvalue weighted by Gasteiger charge is 2.30. The number of fused-ring (bicyclic) bond motifs is 1. The van der Waals surface area contributed by atoms with E-state index in [0.29, 0.717) is 19.0 Å². The van der Waals surface area contributed by atoms with Gasteiger partial charge in [0.05, 0.1) is 0 Å². The van der Waals surface area contributed by atoms with E-state index in [2.05, 4.69) is 15.1 Å². The predicted octanol–water partition coefficient (Wildman–Crippen LogP) is 2.27. The van der Waals surface area contributed by atoms with Crippen molar-refractivity contribution in [3.8, 4) is 0 Å². The molecule has 1 aliphatic heterocycles. The Morgan fingerprint density at radius 2 is 1.78 bits per heavy atom. The predicted molar refractivity (Wildman–Crippen MR) is 102 cm³/mol. The minimum absolute atomic E-state index is 0.117. The van der Waals surface area contributed by atoms with E-state index in [4.69, 9.17) is 5.10 Å². The quantitative estimate of drug-likeness (QED) is 0.715. The molecule has 138 valence electrons. The molecule has 5 rings (SSSR count). The van der Waals surface area contributed by atoms with Crippen LogP contribution in [-0.2, 0) is 0 Å². The van der Waals surface area contributed by atoms with Crippen molar-refractivity contribution in [2.24, 2.45) is 0 Å². The van der Waals surface area contributed by atoms with Gasteiger partial charge >= 0.3 is 0 Å². The minimum Gasteiger partial charge on any atom is -0.352 e. The molecule has 3 heterocycles. The molecule has 1 saturated carbocycles. The molecule has 0 spiro atoms. The first-order valence-corrected chi connectivity index (χ1v) is 9.53. The summed E-state index contributed by atoms with van der Waals surface area (Å²) in [4.78, 5) is 17.0. The zero-order valence-electron chi connectivity index (χ0n) is 15.4. The van der Waals surface area contributed by atoms with Gasteiger partial charge in [0.15, 0.2) is 11.5 Å². The minimum atomic E-state index is 0.117. The number of hydrogen-bond acceptors (Lipinski definition) is 5. The van der Waals surface area contributed by atoms with Crippen LogP contribution in [0.15, 0.2) is 36.4 Å². The van der Waals surface area contributed by atoms with E-state index in [1.165, 1.54) is 12.8 Å². The fourth-order valence-corrected chi connectivity index (χ4v) is 3.68. The molecule has 7 heteroatoms. The Bertz CT molecular complexity index is 1000. The van der Waals surface area contributed by atoms with Gasteiger partial charge in [-0.2, -0.15) is 4.52 Å². The highest BCUT2D eigenvalue weighted by atomic mass is 16.2. The number of amides is 1. The molecule has 0 radical (unpaired) electrons. The number of aromatic nitrogens is 4. The van der Waals surface area contributed by atoms with Crippen LogP contribution in [0.25, 0.3) is 5.65 Å². The Morgan fingerprint density at radius 3 is 2.52 bits per heavy atom. The largest absolute Gasteiger partial charge is 0.352 e. The number of benzene rings is 1. The molecule has 1 saturated heterocycles. The Kier molecular flexibility index (Phi) is 3.81. The van der Waals surface area contributed by atoms with Crippen molar-refractivity contribution in [2.45, 2.75) is 25.7 Å². The van der Waals surface area contributed by atoms with Gasteiger partial charge in [0.2, 0.25) is 0 Å². The third-order valence-corrected chi connectivity index (χ3v) is 5.48. The summed E-state index contributed by atoms with van der Waals surface area (Å²) in [5, 5.41) is 13.3. The summed E-state index contributed by atoms with van der Waals surface area (Å²) in [6.07, 6.45) is 2.35. The molecular formula is C20H22N6O. The Balaban J connectivity index is 1.32. The van der Waals surface area contributed by atoms with Gasteiger partial charge < -0.3 is 9.80 Å². The van der Waals surface area contributed by atoms with Crippen LogP contribution in [0.5, 0.6) is 0 Å². The SMILES string of the molecule is Cc1ccccc1C(=O)N1CCN(c2ccc3nnc(C4CC4)n3n2)CC1. The second kappa shape index (κ2) is 6.33. The lowest BCUT2D eigenvalue weighted by molar-refractivity contribution is 0.0745. The van der Waals surface area contributed by atoms with E-state index in [1.807, 2.05) is 52.7 Å². The zero-order valence-corrected chi connectivity index (χ0v) is 15.4. The summed E-state index contributed by atoms with van der Waals surface area (Å²) in [5.41, 5.74) is 2.62. The summed E-state index contributed by atoms with van der Waals surface area (Å²) in [5.74, 6) is 2.52. The van der Waals surface area contributed by atoms with Crippen LogP contribution >= 0.6 is 0 Å². The van der Waals surface area contributed by atoms with Gasteiger partial charge in [-0.3, -0.25) is 4.79 Å². The lowest BCUT2D eigenvalue weighted by Gasteiger charge is -2.35. The van der Waals surface area contributed by atoms with Crippen molar-refractivity contribution in [3.63, 3.8) is 0 Å². The van der Waals surface area contributed by atoms with E-state index in [-0.39, 0.29) is 5.91 Å². The molecular weight excluding hydrogens is 340 g/mol. The first kappa shape index (κ1) is 16.2. The molecule has 0 unspecified atom stereocenters. The van der Waals surface area contributed by atoms with Crippen LogP contribution in [0.1, 0.15) is 40.5 Å². The Hall–Kier alpha value is -2.96. The number of nitrogens with zero attached hydrogens (tertiary/aromatic N) is 6. The first-order chi connectivity index (χ1) is 13.2. The first-order valence-electron chi connectivity index (χ1n) is 9.53. The molecule has 27 heavy (non-hydrogen) atoms. The number of aryl methyl sites for hydroxylation is 1. The van der Waals surface area contributed by atoms with E-state index < -0.39 is 0 Å². The summed E-state index contributed by atoms with van der Waals surface area (Å²) >= 11 is 0. The summed E-state index contributed by atoms with van der Waals surface area (Å²) < 4.78 is 1.89. The van der Waals surface area contributed by atoms with E-state index >= 15 is 0 Å². The molecule has 3 aromatic rings. The van der Waals surface area contributed by atoms with E-state index in [0.717, 1.165) is 41.5 Å². The highest BCUT2D eigenvalue weighted by Crippen LogP contribution is 2.38. The number of rotatable bonds is 3. The van der Waals surface area contributed by atoms with Crippen LogP contribution in [-0.4, -0.2) is 56.8 Å². The molecule has 0 atom stereocenters. The maximum absolute atomic E-state index is 12.8. The molecule has 1 amide bonds. The lowest BCUT2D eigenvalue weighted by atomic mass is 10.1. The summed E-state index contributed by atoms with van der Waals surface area (Å²) in [6.45, 7) is 4.93. The second-order valence-electron chi connectivity index (χ2n) is 7.39. The number of anilines is 1. The molecule has 0 N–H and O–H groups in total. The van der Waals surface area contributed by atoms with E-state index in [9.17, 15) is 4.79 Å². The molecule has 2 aromatic heterocycles. The second-order valence-corrected chi connectivity index (χ2v) is 7.39. The van der Waals surface area contributed by atoms with Crippen molar-refractivity contribution < 1.29 is 4.79 Å². The standard InChI is InChI=1S/C20H22N6O/c1-14-4-2-3-5-16(14)20(27)25-12-10-24(11-13-25)18-9-8-17-21-22-19(15-6-7-15)26(17)23-18/h2-5,8-9,15H,6-7,10-13H2,1H3. The van der Waals surface area contributed by atoms with E-state index in [1.54, 1.807) is 0 Å². The number of carbonyl (C=O) groups is 1. The van der Waals surface area contributed by atoms with Crippen LogP contribution in [0.3, 0.4) is 0 Å². The Labute approximate surface area is 157 Å². The maximum atomic E-state index is 12.8. The van der Waals surface area contributed by atoms with Crippen LogP contribution in [0.2, 0.25) is 0 Å². The monoisotopic (exact) mass is 362 g/mol. The summed E-state index contributed by atoms with van der Waals surface area (Å²) in [7, 11) is 0. The molecule has 7 nitrogen and oxygen atoms in total. The smallest absolute Gasteiger partial charge is 0.254 e. The lowest BCUT2D eigenvalue weighted by Crippen LogP contribution is -2.49. The van der Waals surface area contributed by atoms with Gasteiger partial charge in [0, 0.05) is 37.7 Å². The maximum Gasteiger partial charge on any atom is 0.254 e. The third-order valence-electron chi connectivity index (χ3n) is 5.48. The van der Waals surface area contributed by atoms with Crippen molar-refractivity contribution in [1.82, 2.24) is 24.7 Å². The normalized spacial score (nSPS) is 17.5. The molecule has 1 aromatic carbocycles. The average Bonchev–Trinajstić information content (AvgIpc) is 3.47. The van der Waals surface area contributed by atoms with Gasteiger partial charge in [-0.15, -0.1) is 15.3 Å². The van der Waals surface area contributed by atoms with Gasteiger partial charge in [-0.1, -0.05) is 18.2 Å². The van der Waals surface area contributed by atoms with Crippen LogP contribution in [0.4, 0.5) is 5.82 Å². The number of piperazine rings is 1. The van der Waals surface area contributed by atoms with Gasteiger partial charge in [0.1, 0.15) is 5.82 Å². The summed E-state index contributed by atoms with van der Waals surface area (Å²) in [6, 6.07) is 11.8. The fraction of sp³-hybridized carbons (Fsp3) is 0.400. The zero-order chi connectivity index (χ0) is 18.4. The van der Waals surface area contributed by atoms with Gasteiger partial charge in [-0.25, -0.2) is 0 Å². The molecule has 1 aliphatic carbocycles. The van der Waals surface area contributed by atoms with Crippen molar-refractivity contribution in [2.75, 3.05) is 31.1 Å². The third kappa shape index (κ3) is 2.93. The molecule has 0 bridgehead atoms.